The van der Waals surface area contributed by atoms with Crippen LogP contribution in [-0.4, -0.2) is 89.9 Å². The SMILES string of the molecule is O=C1C2N(CCCCCO)C(=O)[C@@H]3[C@H]4C(=O)N(c5ccccc5)CC=C[C@H]4S[C@]23C=CCN1Cn1nnc2ccccc21. The van der Waals surface area contributed by atoms with E-state index in [4.69, 9.17) is 0 Å². The van der Waals surface area contributed by atoms with Crippen LogP contribution in [-0.2, 0) is 21.1 Å². The van der Waals surface area contributed by atoms with Crippen molar-refractivity contribution in [2.75, 3.05) is 31.1 Å². The second-order valence-electron chi connectivity index (χ2n) is 11.6. The number of likely N-dealkylation sites (tertiary alicyclic amines) is 1. The van der Waals surface area contributed by atoms with Gasteiger partial charge in [0.2, 0.25) is 17.7 Å². The number of carbonyl (C=O) groups excluding carboxylic acids is 3. The highest BCUT2D eigenvalue weighted by molar-refractivity contribution is 8.02. The van der Waals surface area contributed by atoms with Gasteiger partial charge < -0.3 is 19.8 Å². The molecule has 1 unspecified atom stereocenters. The zero-order chi connectivity index (χ0) is 29.6. The number of fused-ring (bicyclic) bond motifs is 3. The Morgan fingerprint density at radius 1 is 0.907 bits per heavy atom. The van der Waals surface area contributed by atoms with Crippen LogP contribution in [0.3, 0.4) is 0 Å². The summed E-state index contributed by atoms with van der Waals surface area (Å²) in [4.78, 5) is 48.6. The lowest BCUT2D eigenvalue weighted by molar-refractivity contribution is -0.143. The van der Waals surface area contributed by atoms with Gasteiger partial charge in [0.1, 0.15) is 18.2 Å². The number of hydrogen-bond acceptors (Lipinski definition) is 7. The number of hydrogen-bond donors (Lipinski definition) is 1. The van der Waals surface area contributed by atoms with E-state index in [2.05, 4.69) is 16.4 Å². The van der Waals surface area contributed by atoms with Crippen molar-refractivity contribution in [3.8, 4) is 0 Å². The van der Waals surface area contributed by atoms with Crippen molar-refractivity contribution >= 4 is 46.2 Å². The number of unbranched alkanes of at least 4 members (excludes halogenated alkanes) is 2. The number of rotatable bonds is 8. The van der Waals surface area contributed by atoms with Crippen molar-refractivity contribution in [2.24, 2.45) is 11.8 Å². The molecule has 2 saturated heterocycles. The number of carbonyl (C=O) groups is 3. The maximum Gasteiger partial charge on any atom is 0.248 e. The minimum atomic E-state index is -0.876. The summed E-state index contributed by atoms with van der Waals surface area (Å²) in [7, 11) is 0. The van der Waals surface area contributed by atoms with Crippen LogP contribution in [0.4, 0.5) is 5.69 Å². The van der Waals surface area contributed by atoms with Crippen molar-refractivity contribution in [1.82, 2.24) is 24.8 Å². The maximum atomic E-state index is 14.6. The molecule has 1 N–H and O–H groups in total. The Bertz CT molecular complexity index is 1610. The molecule has 3 amide bonds. The number of nitrogens with zero attached hydrogens (tertiary/aromatic N) is 6. The van der Waals surface area contributed by atoms with Gasteiger partial charge in [0.15, 0.2) is 0 Å². The normalized spacial score (nSPS) is 28.3. The minimum absolute atomic E-state index is 0.0826. The van der Waals surface area contributed by atoms with Crippen LogP contribution in [0.15, 0.2) is 78.9 Å². The smallest absolute Gasteiger partial charge is 0.248 e. The fourth-order valence-electron chi connectivity index (χ4n) is 7.14. The molecule has 0 saturated carbocycles. The topological polar surface area (TPSA) is 112 Å². The Hall–Kier alpha value is -3.96. The van der Waals surface area contributed by atoms with E-state index in [1.807, 2.05) is 72.8 Å². The first-order chi connectivity index (χ1) is 21.0. The van der Waals surface area contributed by atoms with E-state index in [1.165, 1.54) is 0 Å². The molecule has 11 heteroatoms. The average molecular weight is 599 g/mol. The summed E-state index contributed by atoms with van der Waals surface area (Å²) in [6.45, 7) is 1.48. The van der Waals surface area contributed by atoms with Crippen LogP contribution in [0.25, 0.3) is 11.0 Å². The maximum absolute atomic E-state index is 14.6. The number of aliphatic hydroxyl groups excluding tert-OH is 1. The highest BCUT2D eigenvalue weighted by Gasteiger charge is 2.71. The van der Waals surface area contributed by atoms with Crippen LogP contribution < -0.4 is 4.90 Å². The second kappa shape index (κ2) is 11.3. The molecule has 4 aliphatic heterocycles. The molecule has 7 rings (SSSR count). The molecule has 1 spiro atoms. The Labute approximate surface area is 254 Å². The van der Waals surface area contributed by atoms with Crippen molar-refractivity contribution < 1.29 is 19.5 Å². The summed E-state index contributed by atoms with van der Waals surface area (Å²) in [5, 5.41) is 17.7. The summed E-state index contributed by atoms with van der Waals surface area (Å²) in [5.74, 6) is -1.63. The van der Waals surface area contributed by atoms with E-state index in [-0.39, 0.29) is 36.2 Å². The summed E-state index contributed by atoms with van der Waals surface area (Å²) >= 11 is 1.59. The van der Waals surface area contributed by atoms with Gasteiger partial charge in [0.05, 0.1) is 22.1 Å². The number of amides is 3. The van der Waals surface area contributed by atoms with Crippen molar-refractivity contribution in [3.63, 3.8) is 0 Å². The molecule has 1 aromatic heterocycles. The Kier molecular flexibility index (Phi) is 7.30. The van der Waals surface area contributed by atoms with Gasteiger partial charge >= 0.3 is 0 Å². The Balaban J connectivity index is 1.25. The van der Waals surface area contributed by atoms with Crippen LogP contribution in [0.5, 0.6) is 0 Å². The molecule has 43 heavy (non-hydrogen) atoms. The molecule has 0 radical (unpaired) electrons. The molecular formula is C32H34N6O4S. The van der Waals surface area contributed by atoms with E-state index in [0.717, 1.165) is 23.1 Å². The van der Waals surface area contributed by atoms with Crippen LogP contribution >= 0.6 is 11.8 Å². The number of benzene rings is 2. The third kappa shape index (κ3) is 4.56. The zero-order valence-corrected chi connectivity index (χ0v) is 24.6. The van der Waals surface area contributed by atoms with Gasteiger partial charge in [-0.2, -0.15) is 0 Å². The molecular weight excluding hydrogens is 564 g/mol. The monoisotopic (exact) mass is 598 g/mol. The van der Waals surface area contributed by atoms with Gasteiger partial charge in [-0.1, -0.05) is 59.8 Å². The van der Waals surface area contributed by atoms with Crippen molar-refractivity contribution in [3.05, 3.63) is 78.9 Å². The first-order valence-corrected chi connectivity index (χ1v) is 15.8. The molecule has 5 atom stereocenters. The van der Waals surface area contributed by atoms with Gasteiger partial charge in [-0.05, 0) is 43.5 Å². The third-order valence-corrected chi connectivity index (χ3v) is 10.8. The first kappa shape index (κ1) is 27.8. The second-order valence-corrected chi connectivity index (χ2v) is 13.0. The molecule has 3 aromatic rings. The summed E-state index contributed by atoms with van der Waals surface area (Å²) < 4.78 is 0.841. The van der Waals surface area contributed by atoms with Gasteiger partial charge in [-0.3, -0.25) is 14.4 Å². The molecule has 0 bridgehead atoms. The quantitative estimate of drug-likeness (QED) is 0.314. The van der Waals surface area contributed by atoms with Gasteiger partial charge in [-0.15, -0.1) is 16.9 Å². The van der Waals surface area contributed by atoms with Gasteiger partial charge in [0, 0.05) is 37.2 Å². The van der Waals surface area contributed by atoms with E-state index in [9.17, 15) is 19.5 Å². The largest absolute Gasteiger partial charge is 0.396 e. The van der Waals surface area contributed by atoms with E-state index >= 15 is 0 Å². The molecule has 2 aromatic carbocycles. The van der Waals surface area contributed by atoms with Crippen LogP contribution in [0, 0.1) is 11.8 Å². The predicted molar refractivity (Wildman–Crippen MR) is 164 cm³/mol. The zero-order valence-electron chi connectivity index (χ0n) is 23.7. The molecule has 0 aliphatic carbocycles. The van der Waals surface area contributed by atoms with E-state index in [0.29, 0.717) is 32.5 Å². The first-order valence-electron chi connectivity index (χ1n) is 14.9. The van der Waals surface area contributed by atoms with Gasteiger partial charge in [-0.25, -0.2) is 4.68 Å². The molecule has 222 valence electrons. The number of aromatic nitrogens is 3. The fourth-order valence-corrected chi connectivity index (χ4v) is 9.15. The minimum Gasteiger partial charge on any atom is -0.396 e. The van der Waals surface area contributed by atoms with Crippen molar-refractivity contribution in [1.29, 1.82) is 0 Å². The lowest BCUT2D eigenvalue weighted by Crippen LogP contribution is -2.53. The number of anilines is 1. The highest BCUT2D eigenvalue weighted by Crippen LogP contribution is 2.61. The average Bonchev–Trinajstić information content (AvgIpc) is 3.57. The summed E-state index contributed by atoms with van der Waals surface area (Å²) in [6.07, 6.45) is 10.1. The fraction of sp³-hybridized carbons (Fsp3) is 0.406. The lowest BCUT2D eigenvalue weighted by atomic mass is 9.78. The van der Waals surface area contributed by atoms with E-state index in [1.54, 1.807) is 31.1 Å². The standard InChI is InChI=1S/C32H34N6O4S/c39-20-8-2-7-18-37-28-31(42)35(21-38-24-14-6-5-13-23(24)33-34-38)17-10-16-32(28)27(30(37)41)26-25(43-32)15-9-19-36(29(26)40)22-11-3-1-4-12-22/h1,3-6,9-16,25-28,39H,2,7-8,17-21H2/t25-,26+,27+,28?,32+/m1/s1. The van der Waals surface area contributed by atoms with Crippen LogP contribution in [0.2, 0.25) is 0 Å². The number of thioether (sulfide) groups is 1. The third-order valence-electron chi connectivity index (χ3n) is 9.09. The Morgan fingerprint density at radius 2 is 1.72 bits per heavy atom. The Morgan fingerprint density at radius 3 is 2.56 bits per heavy atom. The number of para-hydroxylation sites is 2. The lowest BCUT2D eigenvalue weighted by Gasteiger charge is -2.35. The molecule has 4 aliphatic rings. The highest BCUT2D eigenvalue weighted by atomic mass is 32.2. The van der Waals surface area contributed by atoms with Crippen molar-refractivity contribution in [2.45, 2.75) is 42.0 Å². The summed E-state index contributed by atoms with van der Waals surface area (Å²) in [6, 6.07) is 16.4. The van der Waals surface area contributed by atoms with Crippen LogP contribution in [0.1, 0.15) is 19.3 Å². The van der Waals surface area contributed by atoms with Gasteiger partial charge in [0.25, 0.3) is 0 Å². The summed E-state index contributed by atoms with van der Waals surface area (Å²) in [5.41, 5.74) is 2.37. The number of aliphatic hydroxyl groups is 1. The predicted octanol–water partition coefficient (Wildman–Crippen LogP) is 2.85. The van der Waals surface area contributed by atoms with E-state index < -0.39 is 22.6 Å². The molecule has 2 fully saturated rings. The molecule has 5 heterocycles. The molecule has 10 nitrogen and oxygen atoms in total.